The number of nitrogens with two attached hydrogens (primary N) is 1. The molecule has 6 heteroatoms. The van der Waals surface area contributed by atoms with E-state index in [0.717, 1.165) is 21.3 Å². The maximum absolute atomic E-state index is 9.60. The largest absolute Gasteiger partial charge is 0.384 e. The summed E-state index contributed by atoms with van der Waals surface area (Å²) in [6.07, 6.45) is 0. The van der Waals surface area contributed by atoms with Crippen molar-refractivity contribution in [3.63, 3.8) is 0 Å². The third-order valence-electron chi connectivity index (χ3n) is 3.83. The van der Waals surface area contributed by atoms with Gasteiger partial charge in [-0.05, 0) is 41.6 Å². The average Bonchev–Trinajstić information content (AvgIpc) is 2.94. The Kier molecular flexibility index (Phi) is 3.29. The highest BCUT2D eigenvalue weighted by Gasteiger charge is 2.36. The van der Waals surface area contributed by atoms with Crippen molar-refractivity contribution in [2.24, 2.45) is 10.7 Å². The maximum Gasteiger partial charge on any atom is 0.175 e. The van der Waals surface area contributed by atoms with Gasteiger partial charge in [0.2, 0.25) is 0 Å². The van der Waals surface area contributed by atoms with Crippen LogP contribution in [-0.2, 0) is 0 Å². The zero-order valence-corrected chi connectivity index (χ0v) is 13.5. The van der Waals surface area contributed by atoms with Gasteiger partial charge in [0.05, 0.1) is 11.3 Å². The van der Waals surface area contributed by atoms with Crippen LogP contribution in [0.15, 0.2) is 69.8 Å². The van der Waals surface area contributed by atoms with Gasteiger partial charge in [0.1, 0.15) is 17.9 Å². The van der Waals surface area contributed by atoms with Crippen LogP contribution >= 0.6 is 23.4 Å². The summed E-state index contributed by atoms with van der Waals surface area (Å²) in [5.74, 6) is 0.440. The minimum atomic E-state index is -0.398. The SMILES string of the molecule is N#CC1=C(N)N2C(=NC1c1ccc(Cl)cc1)Sc1ccccc12. The number of hydrogen-bond acceptors (Lipinski definition) is 5. The summed E-state index contributed by atoms with van der Waals surface area (Å²) in [5.41, 5.74) is 8.63. The normalized spacial score (nSPS) is 19.0. The second-order valence-corrected chi connectivity index (χ2v) is 6.63. The molecule has 0 radical (unpaired) electrons. The van der Waals surface area contributed by atoms with Crippen LogP contribution in [0.5, 0.6) is 0 Å². The predicted octanol–water partition coefficient (Wildman–Crippen LogP) is 4.06. The van der Waals surface area contributed by atoms with Gasteiger partial charge in [-0.3, -0.25) is 4.90 Å². The lowest BCUT2D eigenvalue weighted by molar-refractivity contribution is 0.829. The molecule has 23 heavy (non-hydrogen) atoms. The van der Waals surface area contributed by atoms with Crippen LogP contribution in [0.2, 0.25) is 5.02 Å². The number of fused-ring (bicyclic) bond motifs is 3. The highest BCUT2D eigenvalue weighted by molar-refractivity contribution is 8.14. The monoisotopic (exact) mass is 338 g/mol. The van der Waals surface area contributed by atoms with E-state index in [2.05, 4.69) is 6.07 Å². The first-order chi connectivity index (χ1) is 11.2. The molecule has 0 saturated carbocycles. The number of nitriles is 1. The van der Waals surface area contributed by atoms with Crippen LogP contribution in [0.1, 0.15) is 11.6 Å². The standard InChI is InChI=1S/C17H11ClN4S/c18-11-7-5-10(6-8-11)15-12(9-19)16(20)22-13-3-1-2-4-14(13)23-17(22)21-15/h1-8,15H,20H2. The number of hydrogen-bond donors (Lipinski definition) is 1. The molecule has 112 valence electrons. The van der Waals surface area contributed by atoms with Crippen molar-refractivity contribution >= 4 is 34.2 Å². The molecule has 4 nitrogen and oxygen atoms in total. The van der Waals surface area contributed by atoms with E-state index >= 15 is 0 Å². The average molecular weight is 339 g/mol. The second-order valence-electron chi connectivity index (χ2n) is 5.18. The molecule has 2 aromatic carbocycles. The summed E-state index contributed by atoms with van der Waals surface area (Å²) in [7, 11) is 0. The number of halogens is 1. The molecule has 0 bridgehead atoms. The molecular formula is C17H11ClN4S. The fraction of sp³-hybridized carbons (Fsp3) is 0.0588. The van der Waals surface area contributed by atoms with E-state index in [9.17, 15) is 5.26 Å². The summed E-state index contributed by atoms with van der Waals surface area (Å²) in [5, 5.41) is 11.0. The molecule has 4 rings (SSSR count). The molecule has 0 amide bonds. The number of para-hydroxylation sites is 1. The molecule has 2 aromatic rings. The lowest BCUT2D eigenvalue weighted by Crippen LogP contribution is -2.35. The Balaban J connectivity index is 1.85. The highest BCUT2D eigenvalue weighted by Crippen LogP contribution is 2.46. The van der Waals surface area contributed by atoms with E-state index in [4.69, 9.17) is 22.3 Å². The smallest absolute Gasteiger partial charge is 0.175 e. The number of thioether (sulfide) groups is 1. The first-order valence-electron chi connectivity index (χ1n) is 6.99. The van der Waals surface area contributed by atoms with Gasteiger partial charge in [-0.15, -0.1) is 0 Å². The molecule has 1 unspecified atom stereocenters. The lowest BCUT2D eigenvalue weighted by Gasteiger charge is -2.28. The van der Waals surface area contributed by atoms with Gasteiger partial charge in [-0.25, -0.2) is 4.99 Å². The van der Waals surface area contributed by atoms with E-state index in [1.165, 1.54) is 0 Å². The molecule has 2 aliphatic heterocycles. The Labute approximate surface area is 142 Å². The van der Waals surface area contributed by atoms with Crippen molar-refractivity contribution in [3.8, 4) is 6.07 Å². The second kappa shape index (κ2) is 5.34. The number of rotatable bonds is 1. The third-order valence-corrected chi connectivity index (χ3v) is 5.12. The van der Waals surface area contributed by atoms with E-state index in [1.807, 2.05) is 41.3 Å². The molecule has 2 aliphatic rings. The summed E-state index contributed by atoms with van der Waals surface area (Å²) in [6.45, 7) is 0. The molecule has 0 aliphatic carbocycles. The molecule has 0 saturated heterocycles. The zero-order chi connectivity index (χ0) is 16.0. The van der Waals surface area contributed by atoms with Gasteiger partial charge in [-0.1, -0.05) is 35.9 Å². The number of aliphatic imine (C=N–C) groups is 1. The lowest BCUT2D eigenvalue weighted by atomic mass is 9.98. The van der Waals surface area contributed by atoms with Crippen LogP contribution in [-0.4, -0.2) is 5.17 Å². The van der Waals surface area contributed by atoms with E-state index in [-0.39, 0.29) is 0 Å². The van der Waals surface area contributed by atoms with Gasteiger partial charge < -0.3 is 5.73 Å². The van der Waals surface area contributed by atoms with Crippen molar-refractivity contribution in [2.75, 3.05) is 4.90 Å². The Morgan fingerprint density at radius 1 is 1.17 bits per heavy atom. The minimum Gasteiger partial charge on any atom is -0.384 e. The van der Waals surface area contributed by atoms with Crippen molar-refractivity contribution in [3.05, 3.63) is 70.5 Å². The van der Waals surface area contributed by atoms with E-state index < -0.39 is 6.04 Å². The fourth-order valence-corrected chi connectivity index (χ4v) is 3.91. The van der Waals surface area contributed by atoms with Gasteiger partial charge in [-0.2, -0.15) is 5.26 Å². The molecule has 2 heterocycles. The third kappa shape index (κ3) is 2.19. The number of amidine groups is 1. The van der Waals surface area contributed by atoms with Gasteiger partial charge >= 0.3 is 0 Å². The number of nitrogens with zero attached hydrogens (tertiary/aromatic N) is 3. The number of anilines is 1. The van der Waals surface area contributed by atoms with E-state index in [1.54, 1.807) is 23.9 Å². The van der Waals surface area contributed by atoms with Gasteiger partial charge in [0, 0.05) is 9.92 Å². The van der Waals surface area contributed by atoms with Gasteiger partial charge in [0.25, 0.3) is 0 Å². The Morgan fingerprint density at radius 3 is 2.65 bits per heavy atom. The fourth-order valence-electron chi connectivity index (χ4n) is 2.73. The van der Waals surface area contributed by atoms with Crippen LogP contribution in [0.3, 0.4) is 0 Å². The zero-order valence-electron chi connectivity index (χ0n) is 11.9. The summed E-state index contributed by atoms with van der Waals surface area (Å²) in [6, 6.07) is 17.1. The Hall–Kier alpha value is -2.42. The quantitative estimate of drug-likeness (QED) is 0.851. The summed E-state index contributed by atoms with van der Waals surface area (Å²) in [4.78, 5) is 7.70. The van der Waals surface area contributed by atoms with Gasteiger partial charge in [0.15, 0.2) is 5.17 Å². The molecule has 0 fully saturated rings. The van der Waals surface area contributed by atoms with Crippen molar-refractivity contribution < 1.29 is 0 Å². The van der Waals surface area contributed by atoms with Crippen molar-refractivity contribution in [2.45, 2.75) is 10.9 Å². The molecule has 1 atom stereocenters. The first kappa shape index (κ1) is 14.2. The van der Waals surface area contributed by atoms with Crippen LogP contribution in [0.4, 0.5) is 5.69 Å². The minimum absolute atomic E-state index is 0.398. The molecular weight excluding hydrogens is 328 g/mol. The molecule has 0 spiro atoms. The number of benzene rings is 2. The highest BCUT2D eigenvalue weighted by atomic mass is 35.5. The maximum atomic E-state index is 9.60. The van der Waals surface area contributed by atoms with Crippen molar-refractivity contribution in [1.82, 2.24) is 0 Å². The van der Waals surface area contributed by atoms with Crippen molar-refractivity contribution in [1.29, 1.82) is 5.26 Å². The topological polar surface area (TPSA) is 65.4 Å². The van der Waals surface area contributed by atoms with Crippen LogP contribution < -0.4 is 10.6 Å². The summed E-state index contributed by atoms with van der Waals surface area (Å²) < 4.78 is 0. The summed E-state index contributed by atoms with van der Waals surface area (Å²) >= 11 is 7.51. The first-order valence-corrected chi connectivity index (χ1v) is 8.18. The molecule has 2 N–H and O–H groups in total. The molecule has 0 aromatic heterocycles. The Morgan fingerprint density at radius 2 is 1.91 bits per heavy atom. The van der Waals surface area contributed by atoms with Crippen LogP contribution in [0.25, 0.3) is 0 Å². The predicted molar refractivity (Wildman–Crippen MR) is 93.2 cm³/mol. The van der Waals surface area contributed by atoms with E-state index in [0.29, 0.717) is 16.4 Å². The van der Waals surface area contributed by atoms with Crippen LogP contribution in [0, 0.1) is 11.3 Å². The Bertz CT molecular complexity index is 896.